The molecule has 0 unspecified atom stereocenters. The maximum Gasteiger partial charge on any atom is 0.417 e. The molecule has 0 spiro atoms. The smallest absolute Gasteiger partial charge is 0.325 e. The van der Waals surface area contributed by atoms with Gasteiger partial charge in [-0.1, -0.05) is 29.5 Å². The highest BCUT2D eigenvalue weighted by Gasteiger charge is 2.30. The zero-order valence-corrected chi connectivity index (χ0v) is 13.3. The Kier molecular flexibility index (Phi) is 5.30. The molecule has 1 atom stereocenters. The molecule has 2 rings (SSSR count). The SMILES string of the molecule is Cc1ccc(NC(=O)[C@H](C)Sc2ccc(C(F)(F)F)cn2)cc1. The van der Waals surface area contributed by atoms with Crippen molar-refractivity contribution >= 4 is 23.4 Å². The summed E-state index contributed by atoms with van der Waals surface area (Å²) in [6.07, 6.45) is -3.64. The first kappa shape index (κ1) is 17.3. The van der Waals surface area contributed by atoms with Gasteiger partial charge in [-0.15, -0.1) is 0 Å². The van der Waals surface area contributed by atoms with Crippen LogP contribution in [-0.2, 0) is 11.0 Å². The Bertz CT molecular complexity index is 669. The third kappa shape index (κ3) is 4.99. The number of halogens is 3. The number of hydrogen-bond acceptors (Lipinski definition) is 3. The van der Waals surface area contributed by atoms with Crippen LogP contribution >= 0.6 is 11.8 Å². The fraction of sp³-hybridized carbons (Fsp3) is 0.250. The van der Waals surface area contributed by atoms with Gasteiger partial charge in [-0.05, 0) is 38.1 Å². The minimum Gasteiger partial charge on any atom is -0.325 e. The molecule has 0 radical (unpaired) electrons. The second kappa shape index (κ2) is 7.04. The lowest BCUT2D eigenvalue weighted by Gasteiger charge is -2.12. The lowest BCUT2D eigenvalue weighted by atomic mass is 10.2. The summed E-state index contributed by atoms with van der Waals surface area (Å²) in [5.74, 6) is -0.236. The Hall–Kier alpha value is -2.02. The summed E-state index contributed by atoms with van der Waals surface area (Å²) in [6, 6.07) is 9.57. The quantitative estimate of drug-likeness (QED) is 0.832. The molecule has 0 saturated carbocycles. The van der Waals surface area contributed by atoms with Crippen molar-refractivity contribution in [3.05, 3.63) is 53.7 Å². The van der Waals surface area contributed by atoms with Crippen LogP contribution in [0.1, 0.15) is 18.1 Å². The van der Waals surface area contributed by atoms with Crippen LogP contribution in [-0.4, -0.2) is 16.1 Å². The van der Waals surface area contributed by atoms with Gasteiger partial charge in [-0.2, -0.15) is 13.2 Å². The van der Waals surface area contributed by atoms with Crippen LogP contribution in [0.4, 0.5) is 18.9 Å². The number of anilines is 1. The van der Waals surface area contributed by atoms with Crippen LogP contribution in [0.25, 0.3) is 0 Å². The predicted molar refractivity (Wildman–Crippen MR) is 84.4 cm³/mol. The minimum absolute atomic E-state index is 0.236. The fourth-order valence-electron chi connectivity index (χ4n) is 1.73. The molecule has 0 fully saturated rings. The highest BCUT2D eigenvalue weighted by atomic mass is 32.2. The maximum atomic E-state index is 12.5. The molecule has 1 aromatic carbocycles. The summed E-state index contributed by atoms with van der Waals surface area (Å²) in [4.78, 5) is 15.8. The van der Waals surface area contributed by atoms with E-state index >= 15 is 0 Å². The van der Waals surface area contributed by atoms with E-state index < -0.39 is 17.0 Å². The highest BCUT2D eigenvalue weighted by Crippen LogP contribution is 2.30. The lowest BCUT2D eigenvalue weighted by molar-refractivity contribution is -0.137. The molecule has 0 aliphatic heterocycles. The number of aromatic nitrogens is 1. The van der Waals surface area contributed by atoms with E-state index in [1.807, 2.05) is 19.1 Å². The van der Waals surface area contributed by atoms with Gasteiger partial charge in [0.15, 0.2) is 0 Å². The van der Waals surface area contributed by atoms with E-state index in [1.165, 1.54) is 6.07 Å². The number of carbonyl (C=O) groups excluding carboxylic acids is 1. The van der Waals surface area contributed by atoms with E-state index in [4.69, 9.17) is 0 Å². The van der Waals surface area contributed by atoms with Gasteiger partial charge in [-0.25, -0.2) is 4.98 Å². The second-order valence-corrected chi connectivity index (χ2v) is 6.36. The van der Waals surface area contributed by atoms with Gasteiger partial charge in [0.25, 0.3) is 0 Å². The van der Waals surface area contributed by atoms with Gasteiger partial charge in [-0.3, -0.25) is 4.79 Å². The van der Waals surface area contributed by atoms with Crippen LogP contribution < -0.4 is 5.32 Å². The van der Waals surface area contributed by atoms with Gasteiger partial charge in [0.2, 0.25) is 5.91 Å². The maximum absolute atomic E-state index is 12.5. The number of carbonyl (C=O) groups is 1. The first-order valence-electron chi connectivity index (χ1n) is 6.83. The molecular weight excluding hydrogens is 325 g/mol. The van der Waals surface area contributed by atoms with Crippen molar-refractivity contribution in [2.24, 2.45) is 0 Å². The molecule has 3 nitrogen and oxygen atoms in total. The van der Waals surface area contributed by atoms with Crippen molar-refractivity contribution in [2.75, 3.05) is 5.32 Å². The number of pyridine rings is 1. The van der Waals surface area contributed by atoms with Gasteiger partial charge in [0.1, 0.15) is 0 Å². The highest BCUT2D eigenvalue weighted by molar-refractivity contribution is 8.00. The second-order valence-electron chi connectivity index (χ2n) is 5.00. The number of rotatable bonds is 4. The molecule has 23 heavy (non-hydrogen) atoms. The molecule has 1 N–H and O–H groups in total. The number of nitrogens with zero attached hydrogens (tertiary/aromatic N) is 1. The third-order valence-electron chi connectivity index (χ3n) is 3.05. The molecule has 2 aromatic rings. The van der Waals surface area contributed by atoms with Crippen LogP contribution in [0.2, 0.25) is 0 Å². The van der Waals surface area contributed by atoms with Crippen molar-refractivity contribution in [2.45, 2.75) is 30.3 Å². The average molecular weight is 340 g/mol. The number of hydrogen-bond donors (Lipinski definition) is 1. The first-order chi connectivity index (χ1) is 10.8. The Labute approximate surface area is 136 Å². The molecule has 0 aliphatic carbocycles. The van der Waals surface area contributed by atoms with E-state index in [0.717, 1.165) is 29.6 Å². The Morgan fingerprint density at radius 2 is 1.83 bits per heavy atom. The monoisotopic (exact) mass is 340 g/mol. The molecule has 122 valence electrons. The van der Waals surface area contributed by atoms with E-state index in [-0.39, 0.29) is 5.91 Å². The molecule has 0 bridgehead atoms. The summed E-state index contributed by atoms with van der Waals surface area (Å²) >= 11 is 1.10. The summed E-state index contributed by atoms with van der Waals surface area (Å²) < 4.78 is 37.4. The molecule has 1 aromatic heterocycles. The van der Waals surface area contributed by atoms with Crippen LogP contribution in [0.5, 0.6) is 0 Å². The van der Waals surface area contributed by atoms with Gasteiger partial charge >= 0.3 is 6.18 Å². The normalized spacial score (nSPS) is 12.7. The van der Waals surface area contributed by atoms with E-state index in [9.17, 15) is 18.0 Å². The Morgan fingerprint density at radius 1 is 1.17 bits per heavy atom. The van der Waals surface area contributed by atoms with Crippen LogP contribution in [0.3, 0.4) is 0 Å². The molecular formula is C16H15F3N2OS. The van der Waals surface area contributed by atoms with Crippen molar-refractivity contribution in [1.82, 2.24) is 4.98 Å². The molecule has 0 saturated heterocycles. The third-order valence-corrected chi connectivity index (χ3v) is 4.10. The number of nitrogens with one attached hydrogen (secondary N) is 1. The van der Waals surface area contributed by atoms with Crippen LogP contribution in [0, 0.1) is 6.92 Å². The van der Waals surface area contributed by atoms with E-state index in [2.05, 4.69) is 10.3 Å². The number of aryl methyl sites for hydroxylation is 1. The summed E-state index contributed by atoms with van der Waals surface area (Å²) in [6.45, 7) is 3.62. The Balaban J connectivity index is 1.96. The molecule has 1 amide bonds. The van der Waals surface area contributed by atoms with Gasteiger partial charge < -0.3 is 5.32 Å². The predicted octanol–water partition coefficient (Wildman–Crippen LogP) is 4.53. The van der Waals surface area contributed by atoms with E-state index in [1.54, 1.807) is 19.1 Å². The summed E-state index contributed by atoms with van der Waals surface area (Å²) in [5.41, 5.74) is 0.950. The number of thioether (sulfide) groups is 1. The number of benzene rings is 1. The molecule has 7 heteroatoms. The zero-order chi connectivity index (χ0) is 17.0. The largest absolute Gasteiger partial charge is 0.417 e. The fourth-order valence-corrected chi connectivity index (χ4v) is 2.52. The summed E-state index contributed by atoms with van der Waals surface area (Å²) in [7, 11) is 0. The van der Waals surface area contributed by atoms with Crippen molar-refractivity contribution in [3.63, 3.8) is 0 Å². The van der Waals surface area contributed by atoms with Gasteiger partial charge in [0.05, 0.1) is 15.8 Å². The van der Waals surface area contributed by atoms with E-state index in [0.29, 0.717) is 10.7 Å². The topological polar surface area (TPSA) is 42.0 Å². The van der Waals surface area contributed by atoms with Crippen LogP contribution in [0.15, 0.2) is 47.6 Å². The average Bonchev–Trinajstić information content (AvgIpc) is 2.49. The number of alkyl halides is 3. The number of amides is 1. The summed E-state index contributed by atoms with van der Waals surface area (Å²) in [5, 5.41) is 2.64. The lowest BCUT2D eigenvalue weighted by Crippen LogP contribution is -2.22. The molecule has 1 heterocycles. The van der Waals surface area contributed by atoms with Crippen molar-refractivity contribution in [1.29, 1.82) is 0 Å². The standard InChI is InChI=1S/C16H15F3N2OS/c1-10-3-6-13(7-4-10)21-15(22)11(2)23-14-8-5-12(9-20-14)16(17,18)19/h3-9,11H,1-2H3,(H,21,22)/t11-/m0/s1. The first-order valence-corrected chi connectivity index (χ1v) is 7.71. The van der Waals surface area contributed by atoms with Gasteiger partial charge in [0, 0.05) is 11.9 Å². The van der Waals surface area contributed by atoms with Crippen molar-refractivity contribution < 1.29 is 18.0 Å². The van der Waals surface area contributed by atoms with Crippen molar-refractivity contribution in [3.8, 4) is 0 Å². The Morgan fingerprint density at radius 3 is 2.35 bits per heavy atom. The minimum atomic E-state index is -4.41. The molecule has 0 aliphatic rings. The zero-order valence-electron chi connectivity index (χ0n) is 12.5.